The molecule has 1 fully saturated rings. The van der Waals surface area contributed by atoms with Crippen molar-refractivity contribution in [2.75, 3.05) is 0 Å². The van der Waals surface area contributed by atoms with Crippen molar-refractivity contribution >= 4 is 0 Å². The lowest BCUT2D eigenvalue weighted by Gasteiger charge is -2.24. The Morgan fingerprint density at radius 3 is 2.48 bits per heavy atom. The van der Waals surface area contributed by atoms with Crippen LogP contribution in [-0.4, -0.2) is 9.78 Å². The van der Waals surface area contributed by atoms with Crippen molar-refractivity contribution in [3.8, 4) is 0 Å². The third-order valence-electron chi connectivity index (χ3n) is 4.49. The predicted molar refractivity (Wildman–Crippen MR) is 81.4 cm³/mol. The van der Waals surface area contributed by atoms with Crippen molar-refractivity contribution in [3.05, 3.63) is 53.1 Å². The molecule has 0 bridgehead atoms. The van der Waals surface area contributed by atoms with Gasteiger partial charge in [-0.3, -0.25) is 4.68 Å². The number of aromatic nitrogens is 2. The molecular weight excluding hydrogens is 265 g/mol. The zero-order valence-electron chi connectivity index (χ0n) is 12.8. The van der Waals surface area contributed by atoms with Gasteiger partial charge in [-0.25, -0.2) is 4.39 Å². The Morgan fingerprint density at radius 2 is 1.95 bits per heavy atom. The number of halogens is 1. The Balaban J connectivity index is 1.79. The van der Waals surface area contributed by atoms with Crippen LogP contribution in [0.1, 0.15) is 48.7 Å². The lowest BCUT2D eigenvalue weighted by atomic mass is 10.00. The number of benzene rings is 1. The normalized spacial score (nSPS) is 17.7. The average Bonchev–Trinajstić information content (AvgIpc) is 3.25. The zero-order valence-corrected chi connectivity index (χ0v) is 12.8. The maximum atomic E-state index is 13.1. The Morgan fingerprint density at radius 1 is 1.29 bits per heavy atom. The third-order valence-corrected chi connectivity index (χ3v) is 4.49. The summed E-state index contributed by atoms with van der Waals surface area (Å²) >= 11 is 0. The van der Waals surface area contributed by atoms with E-state index >= 15 is 0 Å². The molecule has 0 spiro atoms. The summed E-state index contributed by atoms with van der Waals surface area (Å²) in [5, 5.41) is 8.03. The molecule has 3 rings (SSSR count). The summed E-state index contributed by atoms with van der Waals surface area (Å²) in [6.45, 7) is 4.26. The molecule has 1 aromatic heterocycles. The summed E-state index contributed by atoms with van der Waals surface area (Å²) in [7, 11) is 1.96. The minimum absolute atomic E-state index is 0.176. The lowest BCUT2D eigenvalue weighted by Crippen LogP contribution is -2.26. The molecule has 21 heavy (non-hydrogen) atoms. The molecule has 0 saturated heterocycles. The van der Waals surface area contributed by atoms with Crippen LogP contribution in [0.25, 0.3) is 0 Å². The van der Waals surface area contributed by atoms with E-state index in [4.69, 9.17) is 0 Å². The van der Waals surface area contributed by atoms with Crippen molar-refractivity contribution in [1.29, 1.82) is 0 Å². The van der Waals surface area contributed by atoms with Crippen LogP contribution in [0.2, 0.25) is 0 Å². The van der Waals surface area contributed by atoms with E-state index in [0.29, 0.717) is 12.0 Å². The highest BCUT2D eigenvalue weighted by atomic mass is 19.1. The van der Waals surface area contributed by atoms with Gasteiger partial charge in [0.25, 0.3) is 0 Å². The van der Waals surface area contributed by atoms with Crippen molar-refractivity contribution in [2.45, 2.75) is 38.8 Å². The van der Waals surface area contributed by atoms with Gasteiger partial charge >= 0.3 is 0 Å². The molecule has 0 amide bonds. The Hall–Kier alpha value is -1.68. The molecule has 2 aromatic rings. The number of nitrogens with zero attached hydrogens (tertiary/aromatic N) is 2. The monoisotopic (exact) mass is 287 g/mol. The highest BCUT2D eigenvalue weighted by Crippen LogP contribution is 2.42. The standard InChI is InChI=1S/C17H22FN3/c1-11(16-10-19-21(3)12(16)2)20-17(13-4-5-13)14-6-8-15(18)9-7-14/h6-11,13,17,20H,4-5H2,1-3H3. The fraction of sp³-hybridized carbons (Fsp3) is 0.471. The summed E-state index contributed by atoms with van der Waals surface area (Å²) in [6.07, 6.45) is 4.42. The molecule has 1 aromatic carbocycles. The van der Waals surface area contributed by atoms with Gasteiger partial charge in [-0.15, -0.1) is 0 Å². The quantitative estimate of drug-likeness (QED) is 0.909. The molecule has 1 heterocycles. The molecule has 0 radical (unpaired) electrons. The summed E-state index contributed by atoms with van der Waals surface area (Å²) in [4.78, 5) is 0. The molecule has 1 saturated carbocycles. The largest absolute Gasteiger partial charge is 0.303 e. The topological polar surface area (TPSA) is 29.9 Å². The smallest absolute Gasteiger partial charge is 0.123 e. The van der Waals surface area contributed by atoms with Gasteiger partial charge in [-0.05, 0) is 50.3 Å². The van der Waals surface area contributed by atoms with Crippen LogP contribution >= 0.6 is 0 Å². The van der Waals surface area contributed by atoms with Gasteiger partial charge in [0.15, 0.2) is 0 Å². The lowest BCUT2D eigenvalue weighted by molar-refractivity contribution is 0.426. The number of hydrogen-bond donors (Lipinski definition) is 1. The van der Waals surface area contributed by atoms with Crippen LogP contribution < -0.4 is 5.32 Å². The molecule has 0 aliphatic heterocycles. The van der Waals surface area contributed by atoms with E-state index in [0.717, 1.165) is 0 Å². The molecule has 2 unspecified atom stereocenters. The number of hydrogen-bond acceptors (Lipinski definition) is 2. The summed E-state index contributed by atoms with van der Waals surface area (Å²) < 4.78 is 15.0. The highest BCUT2D eigenvalue weighted by Gasteiger charge is 2.33. The minimum atomic E-state index is -0.176. The summed E-state index contributed by atoms with van der Waals surface area (Å²) in [6, 6.07) is 7.41. The summed E-state index contributed by atoms with van der Waals surface area (Å²) in [5.74, 6) is 0.485. The molecule has 3 nitrogen and oxygen atoms in total. The predicted octanol–water partition coefficient (Wildman–Crippen LogP) is 3.67. The molecule has 112 valence electrons. The molecule has 1 aliphatic carbocycles. The first kappa shape index (κ1) is 14.3. The minimum Gasteiger partial charge on any atom is -0.303 e. The van der Waals surface area contributed by atoms with Crippen LogP contribution in [-0.2, 0) is 7.05 Å². The van der Waals surface area contributed by atoms with E-state index in [1.165, 1.54) is 29.7 Å². The zero-order chi connectivity index (χ0) is 15.0. The second-order valence-corrected chi connectivity index (χ2v) is 6.06. The third kappa shape index (κ3) is 3.00. The van der Waals surface area contributed by atoms with Crippen molar-refractivity contribution in [3.63, 3.8) is 0 Å². The molecular formula is C17H22FN3. The van der Waals surface area contributed by atoms with E-state index in [-0.39, 0.29) is 11.9 Å². The van der Waals surface area contributed by atoms with Crippen LogP contribution in [0.4, 0.5) is 4.39 Å². The second kappa shape index (κ2) is 5.60. The van der Waals surface area contributed by atoms with E-state index in [1.54, 1.807) is 12.1 Å². The Labute approximate surface area is 125 Å². The first-order valence-corrected chi connectivity index (χ1v) is 7.56. The maximum Gasteiger partial charge on any atom is 0.123 e. The molecule has 1 aliphatic rings. The second-order valence-electron chi connectivity index (χ2n) is 6.06. The summed E-state index contributed by atoms with van der Waals surface area (Å²) in [5.41, 5.74) is 3.58. The molecule has 2 atom stereocenters. The molecule has 1 N–H and O–H groups in total. The van der Waals surface area contributed by atoms with E-state index in [9.17, 15) is 4.39 Å². The van der Waals surface area contributed by atoms with Crippen molar-refractivity contribution < 1.29 is 4.39 Å². The van der Waals surface area contributed by atoms with E-state index in [2.05, 4.69) is 24.3 Å². The van der Waals surface area contributed by atoms with E-state index in [1.807, 2.05) is 30.1 Å². The Bertz CT molecular complexity index is 613. The average molecular weight is 287 g/mol. The SMILES string of the molecule is Cc1c(C(C)NC(c2ccc(F)cc2)C2CC2)cnn1C. The fourth-order valence-electron chi connectivity index (χ4n) is 2.90. The van der Waals surface area contributed by atoms with Gasteiger partial charge in [-0.2, -0.15) is 5.10 Å². The van der Waals surface area contributed by atoms with Gasteiger partial charge in [-0.1, -0.05) is 12.1 Å². The first-order chi connectivity index (χ1) is 10.1. The van der Waals surface area contributed by atoms with Gasteiger partial charge in [0.1, 0.15) is 5.82 Å². The van der Waals surface area contributed by atoms with Crippen LogP contribution in [0.15, 0.2) is 30.5 Å². The fourth-order valence-corrected chi connectivity index (χ4v) is 2.90. The van der Waals surface area contributed by atoms with Crippen molar-refractivity contribution in [2.24, 2.45) is 13.0 Å². The van der Waals surface area contributed by atoms with Crippen LogP contribution in [0.5, 0.6) is 0 Å². The number of nitrogens with one attached hydrogen (secondary N) is 1. The van der Waals surface area contributed by atoms with Crippen molar-refractivity contribution in [1.82, 2.24) is 15.1 Å². The van der Waals surface area contributed by atoms with Gasteiger partial charge in [0.05, 0.1) is 6.20 Å². The van der Waals surface area contributed by atoms with E-state index < -0.39 is 0 Å². The van der Waals surface area contributed by atoms with Crippen LogP contribution in [0, 0.1) is 18.7 Å². The van der Waals surface area contributed by atoms with Gasteiger partial charge in [0, 0.05) is 30.4 Å². The Kier molecular flexibility index (Phi) is 3.81. The highest BCUT2D eigenvalue weighted by molar-refractivity contribution is 5.25. The maximum absolute atomic E-state index is 13.1. The number of aryl methyl sites for hydroxylation is 1. The number of rotatable bonds is 5. The van der Waals surface area contributed by atoms with Gasteiger partial charge < -0.3 is 5.32 Å². The van der Waals surface area contributed by atoms with Crippen LogP contribution in [0.3, 0.4) is 0 Å². The van der Waals surface area contributed by atoms with Gasteiger partial charge in [0.2, 0.25) is 0 Å². The molecule has 4 heteroatoms. The first-order valence-electron chi connectivity index (χ1n) is 7.56.